The SMILES string of the molecule is CC(=O)N1CCN(C(=O)c2ccnc(C)c2)CCCCOC[C@@H](O)[C@@H](O)[C@H](OCCC(C)C)C1. The highest BCUT2D eigenvalue weighted by Crippen LogP contribution is 2.13. The number of nitrogens with zero attached hydrogens (tertiary/aromatic N) is 3. The molecule has 0 spiro atoms. The fraction of sp³-hybridized carbons (Fsp3) is 0.720. The molecule has 192 valence electrons. The number of rotatable bonds is 5. The molecule has 0 aromatic carbocycles. The predicted molar refractivity (Wildman–Crippen MR) is 128 cm³/mol. The van der Waals surface area contributed by atoms with Crippen LogP contribution in [0.4, 0.5) is 0 Å². The van der Waals surface area contributed by atoms with Crippen LogP contribution >= 0.6 is 0 Å². The maximum absolute atomic E-state index is 13.2. The lowest BCUT2D eigenvalue weighted by molar-refractivity contribution is -0.140. The number of ether oxygens (including phenoxy) is 2. The molecule has 1 fully saturated rings. The van der Waals surface area contributed by atoms with E-state index in [1.807, 2.05) is 6.92 Å². The zero-order valence-corrected chi connectivity index (χ0v) is 21.0. The summed E-state index contributed by atoms with van der Waals surface area (Å²) in [5.74, 6) is 0.126. The summed E-state index contributed by atoms with van der Waals surface area (Å²) in [7, 11) is 0. The van der Waals surface area contributed by atoms with E-state index in [0.717, 1.165) is 18.5 Å². The van der Waals surface area contributed by atoms with Gasteiger partial charge in [0, 0.05) is 63.8 Å². The Balaban J connectivity index is 2.19. The molecular weight excluding hydrogens is 438 g/mol. The first-order valence-electron chi connectivity index (χ1n) is 12.2. The van der Waals surface area contributed by atoms with E-state index in [0.29, 0.717) is 50.8 Å². The average Bonchev–Trinajstić information content (AvgIpc) is 2.79. The molecule has 9 nitrogen and oxygen atoms in total. The summed E-state index contributed by atoms with van der Waals surface area (Å²) in [5.41, 5.74) is 1.33. The van der Waals surface area contributed by atoms with Crippen molar-refractivity contribution in [2.75, 3.05) is 46.0 Å². The highest BCUT2D eigenvalue weighted by Gasteiger charge is 2.30. The number of aliphatic hydroxyl groups is 2. The summed E-state index contributed by atoms with van der Waals surface area (Å²) >= 11 is 0. The molecule has 1 aliphatic heterocycles. The topological polar surface area (TPSA) is 112 Å². The number of carbonyl (C=O) groups is 2. The highest BCUT2D eigenvalue weighted by molar-refractivity contribution is 5.94. The molecular formula is C25H41N3O6. The molecule has 0 radical (unpaired) electrons. The van der Waals surface area contributed by atoms with Crippen LogP contribution in [0.2, 0.25) is 0 Å². The minimum atomic E-state index is -1.20. The molecule has 0 unspecified atom stereocenters. The smallest absolute Gasteiger partial charge is 0.254 e. The normalized spacial score (nSPS) is 23.6. The average molecular weight is 480 g/mol. The van der Waals surface area contributed by atoms with Crippen molar-refractivity contribution in [3.63, 3.8) is 0 Å². The molecule has 9 heteroatoms. The monoisotopic (exact) mass is 479 g/mol. The molecule has 2 N–H and O–H groups in total. The predicted octanol–water partition coefficient (Wildman–Crippen LogP) is 1.64. The zero-order chi connectivity index (χ0) is 25.1. The second kappa shape index (κ2) is 14.4. The van der Waals surface area contributed by atoms with Crippen molar-refractivity contribution in [2.45, 2.75) is 65.3 Å². The van der Waals surface area contributed by atoms with Crippen LogP contribution in [0.25, 0.3) is 0 Å². The van der Waals surface area contributed by atoms with Gasteiger partial charge in [0.25, 0.3) is 5.91 Å². The van der Waals surface area contributed by atoms with Gasteiger partial charge in [-0.25, -0.2) is 0 Å². The van der Waals surface area contributed by atoms with Crippen LogP contribution < -0.4 is 0 Å². The standard InChI is InChI=1S/C25H41N3O6/c1-18(2)8-14-34-23-16-28(20(4)29)12-11-27(25(32)21-7-9-26-19(3)15-21)10-5-6-13-33-17-22(30)24(23)31/h7,9,15,18,22-24,30-31H,5-6,8,10-14,16-17H2,1-4H3/t22-,23-,24-/m1/s1. The molecule has 2 amide bonds. The number of aryl methyl sites for hydroxylation is 1. The third kappa shape index (κ3) is 9.29. The Labute approximate surface area is 203 Å². The van der Waals surface area contributed by atoms with Crippen LogP contribution in [0.15, 0.2) is 18.3 Å². The molecule has 1 aromatic rings. The molecule has 2 heterocycles. The first-order valence-corrected chi connectivity index (χ1v) is 12.2. The van der Waals surface area contributed by atoms with E-state index >= 15 is 0 Å². The van der Waals surface area contributed by atoms with Gasteiger partial charge in [-0.2, -0.15) is 0 Å². The van der Waals surface area contributed by atoms with E-state index in [1.165, 1.54) is 6.92 Å². The van der Waals surface area contributed by atoms with Gasteiger partial charge in [0.05, 0.1) is 6.61 Å². The Morgan fingerprint density at radius 3 is 2.62 bits per heavy atom. The second-order valence-electron chi connectivity index (χ2n) is 9.37. The molecule has 3 atom stereocenters. The van der Waals surface area contributed by atoms with Gasteiger partial charge >= 0.3 is 0 Å². The molecule has 0 aliphatic carbocycles. The lowest BCUT2D eigenvalue weighted by atomic mass is 10.1. The van der Waals surface area contributed by atoms with Gasteiger partial charge in [0.2, 0.25) is 5.91 Å². The summed E-state index contributed by atoms with van der Waals surface area (Å²) in [6, 6.07) is 3.46. The van der Waals surface area contributed by atoms with Crippen molar-refractivity contribution in [2.24, 2.45) is 5.92 Å². The fourth-order valence-electron chi connectivity index (χ4n) is 3.78. The van der Waals surface area contributed by atoms with Crippen molar-refractivity contribution >= 4 is 11.8 Å². The summed E-state index contributed by atoms with van der Waals surface area (Å²) in [6.45, 7) is 9.53. The Bertz CT molecular complexity index is 775. The lowest BCUT2D eigenvalue weighted by Crippen LogP contribution is -2.50. The van der Waals surface area contributed by atoms with Crippen LogP contribution in [0, 0.1) is 12.8 Å². The van der Waals surface area contributed by atoms with Crippen LogP contribution in [0.1, 0.15) is 56.1 Å². The van der Waals surface area contributed by atoms with Crippen LogP contribution in [0.3, 0.4) is 0 Å². The van der Waals surface area contributed by atoms with Gasteiger partial charge in [-0.15, -0.1) is 0 Å². The van der Waals surface area contributed by atoms with Gasteiger partial charge in [0.1, 0.15) is 18.3 Å². The van der Waals surface area contributed by atoms with E-state index < -0.39 is 18.3 Å². The van der Waals surface area contributed by atoms with E-state index in [1.54, 1.807) is 28.1 Å². The summed E-state index contributed by atoms with van der Waals surface area (Å²) < 4.78 is 11.5. The van der Waals surface area contributed by atoms with E-state index in [9.17, 15) is 19.8 Å². The van der Waals surface area contributed by atoms with E-state index in [2.05, 4.69) is 18.8 Å². The number of hydrogen-bond acceptors (Lipinski definition) is 7. The number of aromatic nitrogens is 1. The van der Waals surface area contributed by atoms with Gasteiger partial charge in [-0.05, 0) is 44.2 Å². The third-order valence-electron chi connectivity index (χ3n) is 5.97. The second-order valence-corrected chi connectivity index (χ2v) is 9.37. The van der Waals surface area contributed by atoms with Gasteiger partial charge in [-0.3, -0.25) is 14.6 Å². The van der Waals surface area contributed by atoms with Crippen molar-refractivity contribution in [3.8, 4) is 0 Å². The largest absolute Gasteiger partial charge is 0.388 e. The quantitative estimate of drug-likeness (QED) is 0.660. The zero-order valence-electron chi connectivity index (χ0n) is 21.0. The van der Waals surface area contributed by atoms with Crippen molar-refractivity contribution in [1.82, 2.24) is 14.8 Å². The van der Waals surface area contributed by atoms with Crippen molar-refractivity contribution in [1.29, 1.82) is 0 Å². The minimum absolute atomic E-state index is 0.0236. The van der Waals surface area contributed by atoms with Gasteiger partial charge < -0.3 is 29.5 Å². The van der Waals surface area contributed by atoms with Crippen LogP contribution in [0.5, 0.6) is 0 Å². The third-order valence-corrected chi connectivity index (χ3v) is 5.97. The number of carbonyl (C=O) groups excluding carboxylic acids is 2. The molecule has 34 heavy (non-hydrogen) atoms. The Morgan fingerprint density at radius 1 is 1.21 bits per heavy atom. The molecule has 1 aromatic heterocycles. The number of aliphatic hydroxyl groups excluding tert-OH is 2. The first-order chi connectivity index (χ1) is 16.2. The minimum Gasteiger partial charge on any atom is -0.388 e. The van der Waals surface area contributed by atoms with E-state index in [4.69, 9.17) is 9.47 Å². The number of pyridine rings is 1. The molecule has 1 aliphatic rings. The molecule has 1 saturated heterocycles. The molecule has 0 saturated carbocycles. The first kappa shape index (κ1) is 28.2. The van der Waals surface area contributed by atoms with Crippen molar-refractivity contribution < 1.29 is 29.3 Å². The highest BCUT2D eigenvalue weighted by atomic mass is 16.5. The van der Waals surface area contributed by atoms with E-state index in [-0.39, 0.29) is 25.0 Å². The fourth-order valence-corrected chi connectivity index (χ4v) is 3.78. The summed E-state index contributed by atoms with van der Waals surface area (Å²) in [6.07, 6.45) is 0.749. The maximum atomic E-state index is 13.2. The number of amides is 2. The van der Waals surface area contributed by atoms with Crippen LogP contribution in [-0.2, 0) is 14.3 Å². The van der Waals surface area contributed by atoms with Crippen LogP contribution in [-0.4, -0.2) is 101 Å². The Morgan fingerprint density at radius 2 is 1.94 bits per heavy atom. The van der Waals surface area contributed by atoms with Crippen molar-refractivity contribution in [3.05, 3.63) is 29.6 Å². The number of hydrogen-bond donors (Lipinski definition) is 2. The maximum Gasteiger partial charge on any atom is 0.254 e. The lowest BCUT2D eigenvalue weighted by Gasteiger charge is -2.33. The van der Waals surface area contributed by atoms with Gasteiger partial charge in [-0.1, -0.05) is 13.8 Å². The molecule has 2 rings (SSSR count). The van der Waals surface area contributed by atoms with Gasteiger partial charge in [0.15, 0.2) is 0 Å². The Kier molecular flexibility index (Phi) is 11.9. The summed E-state index contributed by atoms with van der Waals surface area (Å²) in [5, 5.41) is 21.2. The molecule has 0 bridgehead atoms. The summed E-state index contributed by atoms with van der Waals surface area (Å²) in [4.78, 5) is 33.1. The Hall–Kier alpha value is -2.07.